The first-order valence-electron chi connectivity index (χ1n) is 7.89. The van der Waals surface area contributed by atoms with Crippen LogP contribution in [0.2, 0.25) is 0 Å². The Hall–Kier alpha value is -3.40. The fraction of sp³-hybridized carbons (Fsp3) is 0.0476. The zero-order valence-electron chi connectivity index (χ0n) is 13.8. The number of para-hydroxylation sites is 1. The minimum atomic E-state index is -0.191. The number of pyridine rings is 1. The molecule has 0 fully saturated rings. The molecule has 2 aromatic carbocycles. The van der Waals surface area contributed by atoms with Crippen molar-refractivity contribution in [2.45, 2.75) is 0 Å². The van der Waals surface area contributed by atoms with Crippen LogP contribution in [0.15, 0.2) is 79.1 Å². The van der Waals surface area contributed by atoms with Crippen LogP contribution in [-0.4, -0.2) is 18.0 Å². The molecule has 1 amide bonds. The summed E-state index contributed by atoms with van der Waals surface area (Å²) in [6.07, 6.45) is 5.12. The number of methoxy groups -OCH3 is 1. The van der Waals surface area contributed by atoms with Crippen molar-refractivity contribution in [1.82, 2.24) is 4.98 Å². The summed E-state index contributed by atoms with van der Waals surface area (Å²) in [6, 6.07) is 20.7. The first-order chi connectivity index (χ1) is 12.3. The van der Waals surface area contributed by atoms with Crippen LogP contribution in [0, 0.1) is 0 Å². The van der Waals surface area contributed by atoms with Crippen molar-refractivity contribution in [2.75, 3.05) is 12.4 Å². The van der Waals surface area contributed by atoms with E-state index in [-0.39, 0.29) is 5.91 Å². The molecule has 1 aromatic heterocycles. The highest BCUT2D eigenvalue weighted by Crippen LogP contribution is 2.25. The van der Waals surface area contributed by atoms with Gasteiger partial charge in [0.05, 0.1) is 7.11 Å². The number of carbonyl (C=O) groups excluding carboxylic acids is 1. The minimum Gasteiger partial charge on any atom is -0.496 e. The van der Waals surface area contributed by atoms with Gasteiger partial charge in [-0.05, 0) is 29.8 Å². The van der Waals surface area contributed by atoms with Gasteiger partial charge in [0, 0.05) is 29.2 Å². The summed E-state index contributed by atoms with van der Waals surface area (Å²) in [5.74, 6) is 0.524. The predicted molar refractivity (Wildman–Crippen MR) is 100 cm³/mol. The van der Waals surface area contributed by atoms with E-state index >= 15 is 0 Å². The molecule has 0 bridgehead atoms. The average Bonchev–Trinajstić information content (AvgIpc) is 2.67. The van der Waals surface area contributed by atoms with Gasteiger partial charge in [-0.3, -0.25) is 9.78 Å². The number of rotatable bonds is 5. The summed E-state index contributed by atoms with van der Waals surface area (Å²) in [7, 11) is 1.62. The van der Waals surface area contributed by atoms with Gasteiger partial charge in [0.1, 0.15) is 5.75 Å². The van der Waals surface area contributed by atoms with Gasteiger partial charge in [-0.25, -0.2) is 0 Å². The maximum atomic E-state index is 12.9. The predicted octanol–water partition coefficient (Wildman–Crippen LogP) is 4.27. The smallest absolute Gasteiger partial charge is 0.256 e. The lowest BCUT2D eigenvalue weighted by atomic mass is 10.0. The molecule has 0 aliphatic carbocycles. The van der Waals surface area contributed by atoms with E-state index in [1.165, 1.54) is 0 Å². The summed E-state index contributed by atoms with van der Waals surface area (Å²) < 4.78 is 5.40. The molecular weight excluding hydrogens is 312 g/mol. The van der Waals surface area contributed by atoms with Gasteiger partial charge in [0.15, 0.2) is 0 Å². The second kappa shape index (κ2) is 7.93. The summed E-state index contributed by atoms with van der Waals surface area (Å²) >= 11 is 0. The van der Waals surface area contributed by atoms with Crippen LogP contribution in [0.5, 0.6) is 5.75 Å². The monoisotopic (exact) mass is 330 g/mol. The highest BCUT2D eigenvalue weighted by Gasteiger charge is 2.13. The van der Waals surface area contributed by atoms with Crippen LogP contribution in [-0.2, 0) is 4.79 Å². The molecule has 0 atom stereocenters. The molecule has 1 N–H and O–H groups in total. The zero-order valence-corrected chi connectivity index (χ0v) is 13.8. The Labute approximate surface area is 146 Å². The molecule has 3 rings (SSSR count). The molecule has 124 valence electrons. The summed E-state index contributed by atoms with van der Waals surface area (Å²) in [5.41, 5.74) is 2.93. The molecule has 25 heavy (non-hydrogen) atoms. The Morgan fingerprint density at radius 3 is 2.36 bits per heavy atom. The van der Waals surface area contributed by atoms with Gasteiger partial charge in [-0.15, -0.1) is 0 Å². The number of hydrogen-bond donors (Lipinski definition) is 1. The molecule has 0 saturated carbocycles. The number of anilines is 1. The highest BCUT2D eigenvalue weighted by atomic mass is 16.5. The minimum absolute atomic E-state index is 0.191. The van der Waals surface area contributed by atoms with E-state index in [0.717, 1.165) is 11.1 Å². The van der Waals surface area contributed by atoms with Crippen molar-refractivity contribution in [3.63, 3.8) is 0 Å². The molecule has 0 spiro atoms. The molecule has 1 heterocycles. The lowest BCUT2D eigenvalue weighted by molar-refractivity contribution is -0.111. The van der Waals surface area contributed by atoms with Crippen LogP contribution < -0.4 is 10.1 Å². The number of nitrogens with zero attached hydrogens (tertiary/aromatic N) is 1. The van der Waals surface area contributed by atoms with Crippen LogP contribution in [0.1, 0.15) is 11.1 Å². The topological polar surface area (TPSA) is 51.2 Å². The van der Waals surface area contributed by atoms with Crippen LogP contribution in [0.3, 0.4) is 0 Å². The van der Waals surface area contributed by atoms with Gasteiger partial charge >= 0.3 is 0 Å². The first kappa shape index (κ1) is 16.5. The van der Waals surface area contributed by atoms with Crippen LogP contribution in [0.4, 0.5) is 5.69 Å². The number of benzene rings is 2. The Balaban J connectivity index is 2.01. The molecule has 0 aliphatic rings. The largest absolute Gasteiger partial charge is 0.496 e. The van der Waals surface area contributed by atoms with Gasteiger partial charge in [0.25, 0.3) is 5.91 Å². The van der Waals surface area contributed by atoms with E-state index in [2.05, 4.69) is 10.3 Å². The number of ether oxygens (including phenoxy) is 1. The van der Waals surface area contributed by atoms with E-state index < -0.39 is 0 Å². The standard InChI is InChI=1S/C21H18N2O2/c1-25-20-10-6-5-9-17(20)15-19(16-7-3-2-4-8-16)21(24)23-18-11-13-22-14-12-18/h2-15H,1H3,(H,22,23,24)/b19-15-. The number of nitrogens with one attached hydrogen (secondary N) is 1. The van der Waals surface area contributed by atoms with Crippen LogP contribution in [0.25, 0.3) is 11.6 Å². The molecule has 0 unspecified atom stereocenters. The van der Waals surface area contributed by atoms with Gasteiger partial charge in [-0.1, -0.05) is 48.5 Å². The fourth-order valence-corrected chi connectivity index (χ4v) is 2.47. The number of aromatic nitrogens is 1. The molecule has 4 heteroatoms. The van der Waals surface area contributed by atoms with Crippen molar-refractivity contribution in [2.24, 2.45) is 0 Å². The van der Waals surface area contributed by atoms with Crippen molar-refractivity contribution in [1.29, 1.82) is 0 Å². The third-order valence-electron chi connectivity index (χ3n) is 3.71. The van der Waals surface area contributed by atoms with E-state index in [0.29, 0.717) is 17.0 Å². The molecule has 0 radical (unpaired) electrons. The Morgan fingerprint density at radius 2 is 1.64 bits per heavy atom. The van der Waals surface area contributed by atoms with E-state index in [4.69, 9.17) is 4.74 Å². The summed E-state index contributed by atoms with van der Waals surface area (Å²) in [6.45, 7) is 0. The first-order valence-corrected chi connectivity index (χ1v) is 7.89. The maximum absolute atomic E-state index is 12.9. The Morgan fingerprint density at radius 1 is 0.960 bits per heavy atom. The number of carbonyl (C=O) groups is 1. The third kappa shape index (κ3) is 4.12. The maximum Gasteiger partial charge on any atom is 0.256 e. The summed E-state index contributed by atoms with van der Waals surface area (Å²) in [5, 5.41) is 2.91. The molecular formula is C21H18N2O2. The van der Waals surface area contributed by atoms with Crippen molar-refractivity contribution >= 4 is 23.2 Å². The van der Waals surface area contributed by atoms with Gasteiger partial charge in [-0.2, -0.15) is 0 Å². The van der Waals surface area contributed by atoms with E-state index in [9.17, 15) is 4.79 Å². The molecule has 4 nitrogen and oxygen atoms in total. The number of hydrogen-bond acceptors (Lipinski definition) is 3. The van der Waals surface area contributed by atoms with Gasteiger partial charge in [0.2, 0.25) is 0 Å². The Bertz CT molecular complexity index is 875. The number of amides is 1. The van der Waals surface area contributed by atoms with Crippen molar-refractivity contribution in [3.8, 4) is 5.75 Å². The SMILES string of the molecule is COc1ccccc1/C=C(\C(=O)Nc1ccncc1)c1ccccc1. The highest BCUT2D eigenvalue weighted by molar-refractivity contribution is 6.29. The van der Waals surface area contributed by atoms with Crippen molar-refractivity contribution < 1.29 is 9.53 Å². The van der Waals surface area contributed by atoms with Gasteiger partial charge < -0.3 is 10.1 Å². The van der Waals surface area contributed by atoms with Crippen LogP contribution >= 0.6 is 0 Å². The fourth-order valence-electron chi connectivity index (χ4n) is 2.47. The Kier molecular flexibility index (Phi) is 5.22. The average molecular weight is 330 g/mol. The van der Waals surface area contributed by atoms with E-state index in [1.54, 1.807) is 31.6 Å². The molecule has 3 aromatic rings. The summed E-state index contributed by atoms with van der Waals surface area (Å²) in [4.78, 5) is 16.8. The zero-order chi connectivity index (χ0) is 17.5. The van der Waals surface area contributed by atoms with E-state index in [1.807, 2.05) is 60.7 Å². The van der Waals surface area contributed by atoms with Crippen molar-refractivity contribution in [3.05, 3.63) is 90.3 Å². The molecule has 0 saturated heterocycles. The second-order valence-electron chi connectivity index (χ2n) is 5.36. The lowest BCUT2D eigenvalue weighted by Gasteiger charge is -2.11. The lowest BCUT2D eigenvalue weighted by Crippen LogP contribution is -2.13. The quantitative estimate of drug-likeness (QED) is 0.561. The normalized spacial score (nSPS) is 11.0. The molecule has 0 aliphatic heterocycles. The third-order valence-corrected chi connectivity index (χ3v) is 3.71. The second-order valence-corrected chi connectivity index (χ2v) is 5.36.